The molecule has 2 aliphatic carbocycles. The first-order valence-corrected chi connectivity index (χ1v) is 7.53. The van der Waals surface area contributed by atoms with Crippen LogP contribution in [-0.4, -0.2) is 16.2 Å². The minimum Gasteiger partial charge on any atom is -0.339 e. The zero-order valence-corrected chi connectivity index (χ0v) is 11.6. The smallest absolute Gasteiger partial charge is 0.233 e. The van der Waals surface area contributed by atoms with Gasteiger partial charge in [-0.25, -0.2) is 0 Å². The van der Waals surface area contributed by atoms with Crippen LogP contribution in [0, 0.1) is 5.92 Å². The Morgan fingerprint density at radius 3 is 2.68 bits per heavy atom. The van der Waals surface area contributed by atoms with E-state index in [0.29, 0.717) is 5.92 Å². The molecule has 1 saturated carbocycles. The highest BCUT2D eigenvalue weighted by molar-refractivity contribution is 5.16. The molecule has 2 atom stereocenters. The van der Waals surface area contributed by atoms with Crippen LogP contribution in [0.5, 0.6) is 0 Å². The van der Waals surface area contributed by atoms with E-state index in [1.54, 1.807) is 0 Å². The minimum absolute atomic E-state index is 0.139. The monoisotopic (exact) mass is 261 g/mol. The summed E-state index contributed by atoms with van der Waals surface area (Å²) in [6.07, 6.45) is 11.3. The number of nitrogens with two attached hydrogens (primary N) is 1. The summed E-state index contributed by atoms with van der Waals surface area (Å²) in [5.41, 5.74) is 5.87. The summed E-state index contributed by atoms with van der Waals surface area (Å²) in [4.78, 5) is 4.62. The molecule has 19 heavy (non-hydrogen) atoms. The highest BCUT2D eigenvalue weighted by Gasteiger charge is 2.28. The zero-order chi connectivity index (χ0) is 13.2. The quantitative estimate of drug-likeness (QED) is 0.849. The molecule has 0 radical (unpaired) electrons. The lowest BCUT2D eigenvalue weighted by Crippen LogP contribution is -2.15. The van der Waals surface area contributed by atoms with E-state index in [9.17, 15) is 0 Å². The second kappa shape index (κ2) is 5.45. The van der Waals surface area contributed by atoms with Crippen molar-refractivity contribution in [1.29, 1.82) is 0 Å². The van der Waals surface area contributed by atoms with Crippen LogP contribution in [0.1, 0.15) is 69.0 Å². The van der Waals surface area contributed by atoms with Gasteiger partial charge in [-0.05, 0) is 38.0 Å². The van der Waals surface area contributed by atoms with E-state index in [0.717, 1.165) is 24.1 Å². The Labute approximate surface area is 114 Å². The van der Waals surface area contributed by atoms with Crippen LogP contribution in [0.15, 0.2) is 16.7 Å². The summed E-state index contributed by atoms with van der Waals surface area (Å²) in [7, 11) is 0. The molecule has 104 valence electrons. The lowest BCUT2D eigenvalue weighted by atomic mass is 9.80. The molecule has 4 nitrogen and oxygen atoms in total. The van der Waals surface area contributed by atoms with Gasteiger partial charge >= 0.3 is 0 Å². The van der Waals surface area contributed by atoms with Crippen molar-refractivity contribution in [3.05, 3.63) is 23.9 Å². The summed E-state index contributed by atoms with van der Waals surface area (Å²) in [6.45, 7) is 2.28. The molecule has 0 bridgehead atoms. The Kier molecular flexibility index (Phi) is 3.69. The Balaban J connectivity index is 1.64. The van der Waals surface area contributed by atoms with Crippen LogP contribution in [0.4, 0.5) is 0 Å². The second-order valence-corrected chi connectivity index (χ2v) is 6.01. The Morgan fingerprint density at radius 1 is 1.26 bits per heavy atom. The maximum Gasteiger partial charge on any atom is 0.233 e. The highest BCUT2D eigenvalue weighted by atomic mass is 16.5. The van der Waals surface area contributed by atoms with Crippen LogP contribution in [0.25, 0.3) is 0 Å². The molecule has 0 aromatic carbocycles. The molecule has 1 fully saturated rings. The van der Waals surface area contributed by atoms with E-state index < -0.39 is 0 Å². The largest absolute Gasteiger partial charge is 0.339 e. The summed E-state index contributed by atoms with van der Waals surface area (Å²) in [5.74, 6) is 3.29. The van der Waals surface area contributed by atoms with Crippen molar-refractivity contribution >= 4 is 0 Å². The van der Waals surface area contributed by atoms with Gasteiger partial charge in [0, 0.05) is 12.0 Å². The number of nitrogens with zero attached hydrogens (tertiary/aromatic N) is 2. The van der Waals surface area contributed by atoms with Gasteiger partial charge in [-0.15, -0.1) is 0 Å². The molecule has 2 N–H and O–H groups in total. The second-order valence-electron chi connectivity index (χ2n) is 6.01. The molecule has 1 aromatic rings. The Morgan fingerprint density at radius 2 is 2.05 bits per heavy atom. The van der Waals surface area contributed by atoms with Crippen molar-refractivity contribution in [3.63, 3.8) is 0 Å². The normalized spacial score (nSPS) is 34.8. The number of aromatic nitrogens is 2. The average Bonchev–Trinajstić information content (AvgIpc) is 3.07. The van der Waals surface area contributed by atoms with Crippen molar-refractivity contribution in [2.75, 3.05) is 0 Å². The van der Waals surface area contributed by atoms with Crippen molar-refractivity contribution in [1.82, 2.24) is 10.1 Å². The molecule has 4 heteroatoms. The summed E-state index contributed by atoms with van der Waals surface area (Å²) >= 11 is 0. The van der Waals surface area contributed by atoms with Crippen LogP contribution < -0.4 is 5.73 Å². The van der Waals surface area contributed by atoms with E-state index >= 15 is 0 Å². The van der Waals surface area contributed by atoms with Gasteiger partial charge in [0.05, 0.1) is 5.92 Å². The van der Waals surface area contributed by atoms with E-state index in [4.69, 9.17) is 10.3 Å². The van der Waals surface area contributed by atoms with Crippen LogP contribution in [-0.2, 0) is 0 Å². The van der Waals surface area contributed by atoms with Gasteiger partial charge in [0.1, 0.15) is 0 Å². The van der Waals surface area contributed by atoms with Crippen molar-refractivity contribution in [3.8, 4) is 0 Å². The molecule has 0 amide bonds. The van der Waals surface area contributed by atoms with Gasteiger partial charge in [0.2, 0.25) is 5.89 Å². The molecule has 2 unspecified atom stereocenters. The maximum absolute atomic E-state index is 5.87. The lowest BCUT2D eigenvalue weighted by molar-refractivity contribution is 0.302. The van der Waals surface area contributed by atoms with E-state index in [-0.39, 0.29) is 12.0 Å². The van der Waals surface area contributed by atoms with Crippen molar-refractivity contribution < 1.29 is 4.52 Å². The van der Waals surface area contributed by atoms with Gasteiger partial charge < -0.3 is 10.3 Å². The molecular weight excluding hydrogens is 238 g/mol. The minimum atomic E-state index is 0.139. The fourth-order valence-corrected chi connectivity index (χ4v) is 3.30. The average molecular weight is 261 g/mol. The highest BCUT2D eigenvalue weighted by Crippen LogP contribution is 2.36. The van der Waals surface area contributed by atoms with Gasteiger partial charge in [0.15, 0.2) is 5.82 Å². The molecular formula is C15H23N3O. The third-order valence-corrected chi connectivity index (χ3v) is 4.68. The molecule has 0 saturated heterocycles. The molecule has 3 rings (SSSR count). The van der Waals surface area contributed by atoms with Crippen molar-refractivity contribution in [2.24, 2.45) is 11.7 Å². The summed E-state index contributed by atoms with van der Waals surface area (Å²) < 4.78 is 5.44. The summed E-state index contributed by atoms with van der Waals surface area (Å²) in [6, 6.07) is 0.139. The Bertz CT molecular complexity index is 446. The van der Waals surface area contributed by atoms with Gasteiger partial charge in [-0.1, -0.05) is 30.7 Å². The fraction of sp³-hybridized carbons (Fsp3) is 0.733. The summed E-state index contributed by atoms with van der Waals surface area (Å²) in [5, 5.41) is 4.20. The van der Waals surface area contributed by atoms with E-state index in [2.05, 4.69) is 23.1 Å². The van der Waals surface area contributed by atoms with Gasteiger partial charge in [-0.2, -0.15) is 4.98 Å². The van der Waals surface area contributed by atoms with E-state index in [1.165, 1.54) is 32.1 Å². The van der Waals surface area contributed by atoms with Crippen LogP contribution >= 0.6 is 0 Å². The molecule has 1 heterocycles. The van der Waals surface area contributed by atoms with Gasteiger partial charge in [0.25, 0.3) is 0 Å². The molecule has 1 aromatic heterocycles. The number of hydrogen-bond donors (Lipinski definition) is 1. The van der Waals surface area contributed by atoms with E-state index in [1.807, 2.05) is 6.08 Å². The third kappa shape index (κ3) is 2.73. The fourth-order valence-electron chi connectivity index (χ4n) is 3.30. The standard InChI is InChI=1S/C15H23N3O/c1-2-10-3-5-11(6-4-10)14-17-15(19-18-14)12-7-8-13(16)9-12/h7-8,10-13H,2-6,9,16H2,1H3. The topological polar surface area (TPSA) is 64.9 Å². The molecule has 0 aliphatic heterocycles. The maximum atomic E-state index is 5.87. The first kappa shape index (κ1) is 12.9. The van der Waals surface area contributed by atoms with Gasteiger partial charge in [-0.3, -0.25) is 0 Å². The zero-order valence-electron chi connectivity index (χ0n) is 11.6. The molecule has 2 aliphatic rings. The lowest BCUT2D eigenvalue weighted by Gasteiger charge is -2.25. The first-order valence-electron chi connectivity index (χ1n) is 7.53. The Hall–Kier alpha value is -1.16. The number of allylic oxidation sites excluding steroid dienone is 1. The number of rotatable bonds is 3. The first-order chi connectivity index (χ1) is 9.26. The predicted octanol–water partition coefficient (Wildman–Crippen LogP) is 3.12. The van der Waals surface area contributed by atoms with Crippen LogP contribution in [0.3, 0.4) is 0 Å². The SMILES string of the molecule is CCC1CCC(c2noc(C3C=CC(N)C3)n2)CC1. The number of hydrogen-bond acceptors (Lipinski definition) is 4. The molecule has 0 spiro atoms. The van der Waals surface area contributed by atoms with Crippen LogP contribution in [0.2, 0.25) is 0 Å². The predicted molar refractivity (Wildman–Crippen MR) is 73.8 cm³/mol. The third-order valence-electron chi connectivity index (χ3n) is 4.68. The van der Waals surface area contributed by atoms with Crippen molar-refractivity contribution in [2.45, 2.75) is 63.3 Å².